The zero-order valence-electron chi connectivity index (χ0n) is 8.55. The van der Waals surface area contributed by atoms with Gasteiger partial charge in [-0.3, -0.25) is 0 Å². The quantitative estimate of drug-likeness (QED) is 0.751. The van der Waals surface area contributed by atoms with E-state index in [1.165, 1.54) is 5.69 Å². The molecular formula is C12H9N3S. The second-order valence-electron chi connectivity index (χ2n) is 3.63. The van der Waals surface area contributed by atoms with E-state index in [9.17, 15) is 0 Å². The van der Waals surface area contributed by atoms with Crippen molar-refractivity contribution in [1.82, 2.24) is 9.78 Å². The number of nitrogens with zero attached hydrogens (tertiary/aromatic N) is 3. The molecule has 2 aromatic rings. The van der Waals surface area contributed by atoms with Crippen molar-refractivity contribution in [2.24, 2.45) is 0 Å². The lowest BCUT2D eigenvalue weighted by molar-refractivity contribution is 0.837. The number of hydrogen-bond donors (Lipinski definition) is 0. The predicted molar refractivity (Wildman–Crippen MR) is 63.3 cm³/mol. The van der Waals surface area contributed by atoms with Crippen LogP contribution in [0.2, 0.25) is 0 Å². The summed E-state index contributed by atoms with van der Waals surface area (Å²) < 4.78 is 1.90. The molecule has 0 atom stereocenters. The highest BCUT2D eigenvalue weighted by Crippen LogP contribution is 2.33. The Hall–Kier alpha value is -1.73. The second-order valence-corrected chi connectivity index (χ2v) is 4.61. The number of benzene rings is 1. The Bertz CT molecular complexity index is 566. The number of thioether (sulfide) groups is 1. The SMILES string of the molecule is N#Cc1nn(-c2ccccc2)c2c1CSC2. The summed E-state index contributed by atoms with van der Waals surface area (Å²) in [4.78, 5) is 0. The fourth-order valence-electron chi connectivity index (χ4n) is 1.91. The molecule has 1 aromatic heterocycles. The third-order valence-electron chi connectivity index (χ3n) is 2.68. The van der Waals surface area contributed by atoms with Crippen LogP contribution in [0.1, 0.15) is 17.0 Å². The zero-order chi connectivity index (χ0) is 11.0. The van der Waals surface area contributed by atoms with E-state index in [1.54, 1.807) is 0 Å². The van der Waals surface area contributed by atoms with Crippen molar-refractivity contribution in [3.8, 4) is 11.8 Å². The average Bonchev–Trinajstić information content (AvgIpc) is 2.91. The molecular weight excluding hydrogens is 218 g/mol. The molecule has 0 fully saturated rings. The van der Waals surface area contributed by atoms with E-state index < -0.39 is 0 Å². The van der Waals surface area contributed by atoms with Gasteiger partial charge < -0.3 is 0 Å². The third-order valence-corrected chi connectivity index (χ3v) is 3.65. The van der Waals surface area contributed by atoms with Gasteiger partial charge in [0.25, 0.3) is 0 Å². The third kappa shape index (κ3) is 1.33. The highest BCUT2D eigenvalue weighted by atomic mass is 32.2. The van der Waals surface area contributed by atoms with E-state index in [0.717, 1.165) is 22.8 Å². The number of nitriles is 1. The molecule has 1 aliphatic rings. The predicted octanol–water partition coefficient (Wildman–Crippen LogP) is 2.49. The standard InChI is InChI=1S/C12H9N3S/c13-6-11-10-7-16-8-12(10)15(14-11)9-4-2-1-3-5-9/h1-5H,7-8H2. The van der Waals surface area contributed by atoms with Gasteiger partial charge in [-0.2, -0.15) is 22.1 Å². The second kappa shape index (κ2) is 3.69. The molecule has 0 amide bonds. The number of aromatic nitrogens is 2. The summed E-state index contributed by atoms with van der Waals surface area (Å²) in [6.07, 6.45) is 0. The Balaban J connectivity index is 2.20. The lowest BCUT2D eigenvalue weighted by Gasteiger charge is -2.03. The van der Waals surface area contributed by atoms with Crippen molar-refractivity contribution >= 4 is 11.8 Å². The molecule has 0 unspecified atom stereocenters. The van der Waals surface area contributed by atoms with Gasteiger partial charge in [0.05, 0.1) is 11.4 Å². The summed E-state index contributed by atoms with van der Waals surface area (Å²) in [5.74, 6) is 1.85. The van der Waals surface area contributed by atoms with Gasteiger partial charge in [0.15, 0.2) is 5.69 Å². The maximum atomic E-state index is 9.03. The van der Waals surface area contributed by atoms with Crippen LogP contribution in [0, 0.1) is 11.3 Å². The Morgan fingerprint density at radius 2 is 2.06 bits per heavy atom. The van der Waals surface area contributed by atoms with Gasteiger partial charge in [0.1, 0.15) is 6.07 Å². The van der Waals surface area contributed by atoms with Crippen LogP contribution in [0.25, 0.3) is 5.69 Å². The molecule has 16 heavy (non-hydrogen) atoms. The van der Waals surface area contributed by atoms with Crippen molar-refractivity contribution in [3.05, 3.63) is 47.3 Å². The zero-order valence-corrected chi connectivity index (χ0v) is 9.37. The first-order valence-electron chi connectivity index (χ1n) is 5.04. The number of hydrogen-bond acceptors (Lipinski definition) is 3. The van der Waals surface area contributed by atoms with Crippen LogP contribution in [-0.2, 0) is 11.5 Å². The van der Waals surface area contributed by atoms with Gasteiger partial charge in [0, 0.05) is 17.1 Å². The Morgan fingerprint density at radius 3 is 2.81 bits per heavy atom. The minimum absolute atomic E-state index is 0.573. The highest BCUT2D eigenvalue weighted by molar-refractivity contribution is 7.98. The topological polar surface area (TPSA) is 41.6 Å². The molecule has 3 nitrogen and oxygen atoms in total. The fourth-order valence-corrected chi connectivity index (χ4v) is 3.01. The Morgan fingerprint density at radius 1 is 1.25 bits per heavy atom. The molecule has 4 heteroatoms. The summed E-state index contributed by atoms with van der Waals surface area (Å²) in [5.41, 5.74) is 3.88. The minimum Gasteiger partial charge on any atom is -0.235 e. The normalized spacial score (nSPS) is 13.4. The first kappa shape index (κ1) is 9.49. The highest BCUT2D eigenvalue weighted by Gasteiger charge is 2.23. The van der Waals surface area contributed by atoms with Gasteiger partial charge in [-0.25, -0.2) is 4.68 Å². The van der Waals surface area contributed by atoms with Crippen LogP contribution in [0.4, 0.5) is 0 Å². The van der Waals surface area contributed by atoms with E-state index in [1.807, 2.05) is 46.8 Å². The lowest BCUT2D eigenvalue weighted by Crippen LogP contribution is -2.00. The first-order chi connectivity index (χ1) is 7.90. The maximum Gasteiger partial charge on any atom is 0.167 e. The number of rotatable bonds is 1. The van der Waals surface area contributed by atoms with E-state index in [0.29, 0.717) is 5.69 Å². The molecule has 1 aliphatic heterocycles. The van der Waals surface area contributed by atoms with Gasteiger partial charge in [-0.15, -0.1) is 0 Å². The Kier molecular flexibility index (Phi) is 2.19. The van der Waals surface area contributed by atoms with Crippen LogP contribution in [0.15, 0.2) is 30.3 Å². The van der Waals surface area contributed by atoms with E-state index >= 15 is 0 Å². The molecule has 0 saturated heterocycles. The smallest absolute Gasteiger partial charge is 0.167 e. The van der Waals surface area contributed by atoms with E-state index in [-0.39, 0.29) is 0 Å². The molecule has 3 rings (SSSR count). The molecule has 1 aromatic carbocycles. The van der Waals surface area contributed by atoms with Crippen LogP contribution >= 0.6 is 11.8 Å². The van der Waals surface area contributed by atoms with Crippen LogP contribution in [0.5, 0.6) is 0 Å². The molecule has 0 aliphatic carbocycles. The fraction of sp³-hybridized carbons (Fsp3) is 0.167. The summed E-state index contributed by atoms with van der Waals surface area (Å²) in [7, 11) is 0. The molecule has 0 bridgehead atoms. The molecule has 0 spiro atoms. The molecule has 0 N–H and O–H groups in total. The monoisotopic (exact) mass is 227 g/mol. The van der Waals surface area contributed by atoms with Crippen molar-refractivity contribution < 1.29 is 0 Å². The number of para-hydroxylation sites is 1. The van der Waals surface area contributed by atoms with Gasteiger partial charge in [-0.1, -0.05) is 18.2 Å². The molecule has 0 saturated carbocycles. The largest absolute Gasteiger partial charge is 0.235 e. The van der Waals surface area contributed by atoms with Crippen LogP contribution in [-0.4, -0.2) is 9.78 Å². The van der Waals surface area contributed by atoms with Gasteiger partial charge in [-0.05, 0) is 12.1 Å². The Labute approximate surface area is 97.7 Å². The van der Waals surface area contributed by atoms with Crippen molar-refractivity contribution in [3.63, 3.8) is 0 Å². The average molecular weight is 227 g/mol. The lowest BCUT2D eigenvalue weighted by atomic mass is 10.2. The summed E-state index contributed by atoms with van der Waals surface area (Å²) >= 11 is 1.84. The summed E-state index contributed by atoms with van der Waals surface area (Å²) in [6, 6.07) is 12.1. The van der Waals surface area contributed by atoms with Gasteiger partial charge >= 0.3 is 0 Å². The van der Waals surface area contributed by atoms with E-state index in [2.05, 4.69) is 11.2 Å². The number of fused-ring (bicyclic) bond motifs is 1. The van der Waals surface area contributed by atoms with Crippen LogP contribution in [0.3, 0.4) is 0 Å². The summed E-state index contributed by atoms with van der Waals surface area (Å²) in [6.45, 7) is 0. The summed E-state index contributed by atoms with van der Waals surface area (Å²) in [5, 5.41) is 13.4. The van der Waals surface area contributed by atoms with Crippen molar-refractivity contribution in [2.75, 3.05) is 0 Å². The first-order valence-corrected chi connectivity index (χ1v) is 6.19. The van der Waals surface area contributed by atoms with E-state index in [4.69, 9.17) is 5.26 Å². The van der Waals surface area contributed by atoms with Crippen LogP contribution < -0.4 is 0 Å². The van der Waals surface area contributed by atoms with Gasteiger partial charge in [0.2, 0.25) is 0 Å². The minimum atomic E-state index is 0.573. The molecule has 2 heterocycles. The van der Waals surface area contributed by atoms with Crippen molar-refractivity contribution in [1.29, 1.82) is 5.26 Å². The van der Waals surface area contributed by atoms with Crippen molar-refractivity contribution in [2.45, 2.75) is 11.5 Å². The molecule has 78 valence electrons. The molecule has 0 radical (unpaired) electrons. The maximum absolute atomic E-state index is 9.03.